The molecule has 0 spiro atoms. The second-order valence-electron chi connectivity index (χ2n) is 6.53. The average molecular weight is 359 g/mol. The minimum atomic E-state index is -0.0566. The molecule has 2 aromatic carbocycles. The fourth-order valence-corrected chi connectivity index (χ4v) is 4.29. The average Bonchev–Trinajstić information content (AvgIpc) is 3.42. The van der Waals surface area contributed by atoms with E-state index in [9.17, 15) is 4.79 Å². The summed E-state index contributed by atoms with van der Waals surface area (Å²) in [5.41, 5.74) is 6.64. The highest BCUT2D eigenvalue weighted by molar-refractivity contribution is 7.08. The topological polar surface area (TPSA) is 44.7 Å². The second-order valence-corrected chi connectivity index (χ2v) is 7.31. The Morgan fingerprint density at radius 2 is 1.96 bits per heavy atom. The van der Waals surface area contributed by atoms with E-state index in [1.807, 2.05) is 23.2 Å². The van der Waals surface area contributed by atoms with Gasteiger partial charge in [-0.25, -0.2) is 4.79 Å². The van der Waals surface area contributed by atoms with Crippen molar-refractivity contribution in [2.45, 2.75) is 12.5 Å². The van der Waals surface area contributed by atoms with E-state index in [0.29, 0.717) is 6.54 Å². The van der Waals surface area contributed by atoms with Gasteiger partial charge < -0.3 is 5.32 Å². The Balaban J connectivity index is 1.48. The van der Waals surface area contributed by atoms with Gasteiger partial charge in [-0.3, -0.25) is 9.89 Å². The van der Waals surface area contributed by atoms with Crippen molar-refractivity contribution >= 4 is 35.0 Å². The molecule has 5 heteroatoms. The maximum atomic E-state index is 12.5. The molecule has 0 bridgehead atoms. The van der Waals surface area contributed by atoms with Crippen LogP contribution in [-0.2, 0) is 6.42 Å². The van der Waals surface area contributed by atoms with Gasteiger partial charge in [0.05, 0.1) is 11.7 Å². The lowest BCUT2D eigenvalue weighted by Crippen LogP contribution is -2.29. The lowest BCUT2D eigenvalue weighted by atomic mass is 10.0. The zero-order valence-corrected chi connectivity index (χ0v) is 14.9. The number of carbonyl (C=O) groups excluding carboxylic acids is 1. The van der Waals surface area contributed by atoms with Crippen LogP contribution in [0.5, 0.6) is 0 Å². The molecule has 0 aliphatic carbocycles. The molecule has 2 aliphatic heterocycles. The highest BCUT2D eigenvalue weighted by Gasteiger charge is 2.33. The number of benzene rings is 2. The predicted molar refractivity (Wildman–Crippen MR) is 107 cm³/mol. The summed E-state index contributed by atoms with van der Waals surface area (Å²) in [4.78, 5) is 18.7. The van der Waals surface area contributed by atoms with Crippen LogP contribution in [0.2, 0.25) is 0 Å². The van der Waals surface area contributed by atoms with E-state index in [1.165, 1.54) is 16.7 Å². The quantitative estimate of drug-likeness (QED) is 0.707. The Bertz CT molecular complexity index is 993. The molecule has 4 nitrogen and oxygen atoms in total. The number of hydrogen-bond acceptors (Lipinski definition) is 3. The summed E-state index contributed by atoms with van der Waals surface area (Å²) in [6.45, 7) is 0.608. The largest absolute Gasteiger partial charge is 0.335 e. The summed E-state index contributed by atoms with van der Waals surface area (Å²) >= 11 is 1.70. The monoisotopic (exact) mass is 359 g/mol. The first kappa shape index (κ1) is 15.3. The number of carbonyl (C=O) groups is 1. The first-order valence-corrected chi connectivity index (χ1v) is 9.59. The number of aliphatic imine (C=N–C) groups is 1. The van der Waals surface area contributed by atoms with Gasteiger partial charge in [-0.1, -0.05) is 30.3 Å². The van der Waals surface area contributed by atoms with Crippen molar-refractivity contribution in [1.29, 1.82) is 0 Å². The molecule has 1 unspecified atom stereocenters. The Labute approximate surface area is 155 Å². The highest BCUT2D eigenvalue weighted by Crippen LogP contribution is 2.36. The Morgan fingerprint density at radius 1 is 1.08 bits per heavy atom. The smallest absolute Gasteiger partial charge is 0.322 e. The number of rotatable bonds is 3. The minimum absolute atomic E-state index is 0.0116. The van der Waals surface area contributed by atoms with Gasteiger partial charge in [-0.2, -0.15) is 11.3 Å². The van der Waals surface area contributed by atoms with E-state index in [-0.39, 0.29) is 12.1 Å². The molecule has 1 atom stereocenters. The second kappa shape index (κ2) is 6.11. The van der Waals surface area contributed by atoms with Crippen LogP contribution >= 0.6 is 11.3 Å². The van der Waals surface area contributed by atoms with E-state index in [0.717, 1.165) is 23.4 Å². The molecular formula is C21H17N3OS. The fourth-order valence-electron chi connectivity index (χ4n) is 3.63. The van der Waals surface area contributed by atoms with Gasteiger partial charge in [-0.05, 0) is 51.2 Å². The van der Waals surface area contributed by atoms with Gasteiger partial charge >= 0.3 is 6.03 Å². The Hall–Kier alpha value is -2.92. The number of thiophene rings is 1. The summed E-state index contributed by atoms with van der Waals surface area (Å²) in [6.07, 6.45) is 2.79. The zero-order chi connectivity index (χ0) is 17.5. The number of nitrogens with one attached hydrogen (secondary N) is 1. The highest BCUT2D eigenvalue weighted by atomic mass is 32.1. The summed E-state index contributed by atoms with van der Waals surface area (Å²) in [6, 6.07) is 16.7. The van der Waals surface area contributed by atoms with Gasteiger partial charge in [0.15, 0.2) is 0 Å². The number of fused-ring (bicyclic) bond motifs is 1. The van der Waals surface area contributed by atoms with Gasteiger partial charge in [0, 0.05) is 24.9 Å². The van der Waals surface area contributed by atoms with Crippen LogP contribution in [0, 0.1) is 0 Å². The number of hydrogen-bond donors (Lipinski definition) is 1. The first-order valence-electron chi connectivity index (χ1n) is 8.65. The van der Waals surface area contributed by atoms with Gasteiger partial charge in [0.1, 0.15) is 0 Å². The van der Waals surface area contributed by atoms with E-state index >= 15 is 0 Å². The van der Waals surface area contributed by atoms with E-state index in [1.54, 1.807) is 11.3 Å². The van der Waals surface area contributed by atoms with Gasteiger partial charge in [0.2, 0.25) is 0 Å². The molecule has 2 aliphatic rings. The maximum absolute atomic E-state index is 12.5. The number of nitrogens with zero attached hydrogens (tertiary/aromatic N) is 2. The maximum Gasteiger partial charge on any atom is 0.322 e. The molecule has 0 saturated carbocycles. The van der Waals surface area contributed by atoms with Crippen LogP contribution in [0.25, 0.3) is 11.1 Å². The van der Waals surface area contributed by atoms with E-state index in [2.05, 4.69) is 57.5 Å². The first-order chi connectivity index (χ1) is 12.8. The molecule has 1 aromatic heterocycles. The van der Waals surface area contributed by atoms with E-state index in [4.69, 9.17) is 0 Å². The number of amides is 2. The third-order valence-electron chi connectivity index (χ3n) is 5.02. The van der Waals surface area contributed by atoms with Gasteiger partial charge in [0.25, 0.3) is 0 Å². The third-order valence-corrected chi connectivity index (χ3v) is 5.70. The Morgan fingerprint density at radius 3 is 2.77 bits per heavy atom. The molecule has 3 heterocycles. The summed E-state index contributed by atoms with van der Waals surface area (Å²) in [5.74, 6) is 0. The molecular weight excluding hydrogens is 342 g/mol. The fraction of sp³-hybridized carbons (Fsp3) is 0.143. The normalized spacial score (nSPS) is 18.2. The Kier molecular flexibility index (Phi) is 3.60. The lowest BCUT2D eigenvalue weighted by molar-refractivity contribution is 0.251. The molecule has 1 fully saturated rings. The summed E-state index contributed by atoms with van der Waals surface area (Å²) in [7, 11) is 0. The van der Waals surface area contributed by atoms with Gasteiger partial charge in [-0.15, -0.1) is 0 Å². The zero-order valence-electron chi connectivity index (χ0n) is 14.1. The van der Waals surface area contributed by atoms with Crippen molar-refractivity contribution in [3.63, 3.8) is 0 Å². The van der Waals surface area contributed by atoms with Crippen molar-refractivity contribution in [3.8, 4) is 11.1 Å². The van der Waals surface area contributed by atoms with Crippen molar-refractivity contribution in [2.75, 3.05) is 11.4 Å². The molecule has 128 valence electrons. The van der Waals surface area contributed by atoms with Crippen molar-refractivity contribution in [3.05, 3.63) is 70.4 Å². The molecule has 5 rings (SSSR count). The standard InChI is InChI=1S/C21H17N3OS/c25-21-23-12-20(16-3-1-14(2-4-16)17-8-10-26-13-17)24(21)18-6-5-15-7-9-22-19(15)11-18/h1-6,8-11,13,20H,7,12H2,(H,23,25). The summed E-state index contributed by atoms with van der Waals surface area (Å²) in [5, 5.41) is 7.21. The number of urea groups is 1. The predicted octanol–water partition coefficient (Wildman–Crippen LogP) is 4.94. The van der Waals surface area contributed by atoms with Crippen LogP contribution < -0.4 is 10.2 Å². The molecule has 0 radical (unpaired) electrons. The molecule has 2 amide bonds. The van der Waals surface area contributed by atoms with Crippen molar-refractivity contribution in [2.24, 2.45) is 4.99 Å². The lowest BCUT2D eigenvalue weighted by Gasteiger charge is -2.24. The van der Waals surface area contributed by atoms with Crippen LogP contribution in [0.1, 0.15) is 17.2 Å². The van der Waals surface area contributed by atoms with Crippen LogP contribution in [-0.4, -0.2) is 18.8 Å². The third kappa shape index (κ3) is 2.52. The van der Waals surface area contributed by atoms with Crippen molar-refractivity contribution < 1.29 is 4.79 Å². The SMILES string of the molecule is O=C1NCC(c2ccc(-c3ccsc3)cc2)N1c1ccc2c(c1)N=CC2. The minimum Gasteiger partial charge on any atom is -0.335 e. The molecule has 3 aromatic rings. The molecule has 26 heavy (non-hydrogen) atoms. The molecule has 1 saturated heterocycles. The number of anilines is 1. The van der Waals surface area contributed by atoms with Crippen LogP contribution in [0.3, 0.4) is 0 Å². The van der Waals surface area contributed by atoms with Crippen LogP contribution in [0.15, 0.2) is 64.3 Å². The summed E-state index contributed by atoms with van der Waals surface area (Å²) < 4.78 is 0. The molecule has 1 N–H and O–H groups in total. The van der Waals surface area contributed by atoms with Crippen LogP contribution in [0.4, 0.5) is 16.2 Å². The van der Waals surface area contributed by atoms with Crippen molar-refractivity contribution in [1.82, 2.24) is 5.32 Å². The van der Waals surface area contributed by atoms with E-state index < -0.39 is 0 Å².